The van der Waals surface area contributed by atoms with Gasteiger partial charge in [-0.25, -0.2) is 4.98 Å². The van der Waals surface area contributed by atoms with Gasteiger partial charge in [0, 0.05) is 12.2 Å². The second kappa shape index (κ2) is 4.05. The molecule has 4 N–H and O–H groups in total. The third-order valence-corrected chi connectivity index (χ3v) is 1.90. The molecule has 1 aromatic rings. The summed E-state index contributed by atoms with van der Waals surface area (Å²) in [6.45, 7) is 4.50. The zero-order chi connectivity index (χ0) is 9.84. The van der Waals surface area contributed by atoms with Crippen molar-refractivity contribution in [2.75, 3.05) is 12.3 Å². The largest absolute Gasteiger partial charge is 0.384 e. The second-order valence-corrected chi connectivity index (χ2v) is 3.00. The number of nitrogen functional groups attached to an aromatic ring is 1. The third kappa shape index (κ3) is 2.29. The van der Waals surface area contributed by atoms with Gasteiger partial charge in [-0.1, -0.05) is 12.2 Å². The van der Waals surface area contributed by atoms with Crippen molar-refractivity contribution in [2.24, 2.45) is 5.73 Å². The quantitative estimate of drug-likeness (QED) is 0.714. The van der Waals surface area contributed by atoms with Crippen LogP contribution < -0.4 is 11.5 Å². The predicted octanol–water partition coefficient (Wildman–Crippen LogP) is 1.25. The van der Waals surface area contributed by atoms with Crippen LogP contribution in [0.2, 0.25) is 0 Å². The standard InChI is InChI=1S/C10H15N3/c1-7-6-10(12)13-8(2)9(7)4-3-5-11/h3-4,6H,5,11H2,1-2H3,(H2,12,13). The summed E-state index contributed by atoms with van der Waals surface area (Å²) < 4.78 is 0. The average molecular weight is 177 g/mol. The van der Waals surface area contributed by atoms with Crippen molar-refractivity contribution in [1.29, 1.82) is 0 Å². The highest BCUT2D eigenvalue weighted by atomic mass is 14.8. The summed E-state index contributed by atoms with van der Waals surface area (Å²) in [5, 5.41) is 0. The van der Waals surface area contributed by atoms with E-state index in [1.54, 1.807) is 0 Å². The molecule has 1 rings (SSSR count). The highest BCUT2D eigenvalue weighted by Gasteiger charge is 2.00. The number of hydrogen-bond donors (Lipinski definition) is 2. The number of aromatic nitrogens is 1. The van der Waals surface area contributed by atoms with Crippen molar-refractivity contribution in [3.05, 3.63) is 29.0 Å². The lowest BCUT2D eigenvalue weighted by Crippen LogP contribution is -1.98. The Kier molecular flexibility index (Phi) is 3.03. The van der Waals surface area contributed by atoms with E-state index in [0.29, 0.717) is 12.4 Å². The number of nitrogens with zero attached hydrogens (tertiary/aromatic N) is 1. The van der Waals surface area contributed by atoms with E-state index < -0.39 is 0 Å². The number of hydrogen-bond acceptors (Lipinski definition) is 3. The Bertz CT molecular complexity index is 306. The molecule has 0 saturated carbocycles. The molecule has 1 heterocycles. The van der Waals surface area contributed by atoms with Crippen LogP contribution in [0.1, 0.15) is 16.8 Å². The summed E-state index contributed by atoms with van der Waals surface area (Å²) >= 11 is 0. The molecule has 3 nitrogen and oxygen atoms in total. The summed E-state index contributed by atoms with van der Waals surface area (Å²) in [6.07, 6.45) is 3.89. The number of anilines is 1. The SMILES string of the molecule is Cc1cc(N)nc(C)c1C=CCN. The van der Waals surface area contributed by atoms with E-state index in [4.69, 9.17) is 11.5 Å². The molecule has 0 saturated heterocycles. The molecule has 13 heavy (non-hydrogen) atoms. The van der Waals surface area contributed by atoms with E-state index in [1.807, 2.05) is 32.1 Å². The fourth-order valence-corrected chi connectivity index (χ4v) is 1.31. The first-order valence-corrected chi connectivity index (χ1v) is 4.25. The van der Waals surface area contributed by atoms with Crippen molar-refractivity contribution < 1.29 is 0 Å². The van der Waals surface area contributed by atoms with Crippen LogP contribution in [0.25, 0.3) is 6.08 Å². The second-order valence-electron chi connectivity index (χ2n) is 3.00. The molecule has 0 spiro atoms. The maximum absolute atomic E-state index is 5.60. The Hall–Kier alpha value is -1.35. The van der Waals surface area contributed by atoms with Crippen LogP contribution in [0.5, 0.6) is 0 Å². The van der Waals surface area contributed by atoms with Crippen LogP contribution in [-0.4, -0.2) is 11.5 Å². The third-order valence-electron chi connectivity index (χ3n) is 1.90. The summed E-state index contributed by atoms with van der Waals surface area (Å²) in [6, 6.07) is 1.86. The smallest absolute Gasteiger partial charge is 0.123 e. The predicted molar refractivity (Wildman–Crippen MR) is 56.2 cm³/mol. The Morgan fingerprint density at radius 2 is 2.15 bits per heavy atom. The van der Waals surface area contributed by atoms with E-state index in [-0.39, 0.29) is 0 Å². The number of aryl methyl sites for hydroxylation is 2. The molecule has 0 aliphatic carbocycles. The molecule has 0 aliphatic rings. The van der Waals surface area contributed by atoms with Gasteiger partial charge in [-0.2, -0.15) is 0 Å². The van der Waals surface area contributed by atoms with Crippen LogP contribution in [-0.2, 0) is 0 Å². The number of nitrogens with two attached hydrogens (primary N) is 2. The number of pyridine rings is 1. The van der Waals surface area contributed by atoms with Gasteiger partial charge in [0.2, 0.25) is 0 Å². The summed E-state index contributed by atoms with van der Waals surface area (Å²) in [5.74, 6) is 0.569. The first kappa shape index (κ1) is 9.74. The summed E-state index contributed by atoms with van der Waals surface area (Å²) in [7, 11) is 0. The van der Waals surface area contributed by atoms with Gasteiger partial charge >= 0.3 is 0 Å². The molecule has 0 aliphatic heterocycles. The molecule has 3 heteroatoms. The normalized spacial score (nSPS) is 11.0. The topological polar surface area (TPSA) is 64.9 Å². The molecular weight excluding hydrogens is 162 g/mol. The summed E-state index contributed by atoms with van der Waals surface area (Å²) in [4.78, 5) is 4.17. The van der Waals surface area contributed by atoms with Crippen LogP contribution >= 0.6 is 0 Å². The van der Waals surface area contributed by atoms with Crippen molar-refractivity contribution in [3.8, 4) is 0 Å². The van der Waals surface area contributed by atoms with Crippen molar-refractivity contribution >= 4 is 11.9 Å². The fourth-order valence-electron chi connectivity index (χ4n) is 1.31. The molecular formula is C10H15N3. The van der Waals surface area contributed by atoms with E-state index in [1.165, 1.54) is 0 Å². The molecule has 70 valence electrons. The highest BCUT2D eigenvalue weighted by molar-refractivity contribution is 5.58. The van der Waals surface area contributed by atoms with Gasteiger partial charge in [-0.3, -0.25) is 0 Å². The van der Waals surface area contributed by atoms with Crippen LogP contribution in [0, 0.1) is 13.8 Å². The van der Waals surface area contributed by atoms with Gasteiger partial charge in [0.05, 0.1) is 0 Å². The van der Waals surface area contributed by atoms with E-state index >= 15 is 0 Å². The van der Waals surface area contributed by atoms with Crippen molar-refractivity contribution in [1.82, 2.24) is 4.98 Å². The minimum atomic E-state index is 0.545. The average Bonchev–Trinajstić information content (AvgIpc) is 2.02. The lowest BCUT2D eigenvalue weighted by molar-refractivity contribution is 1.17. The van der Waals surface area contributed by atoms with Crippen LogP contribution in [0.15, 0.2) is 12.1 Å². The summed E-state index contributed by atoms with van der Waals surface area (Å²) in [5.41, 5.74) is 14.2. The van der Waals surface area contributed by atoms with Crippen molar-refractivity contribution in [3.63, 3.8) is 0 Å². The molecule has 0 aromatic carbocycles. The zero-order valence-electron chi connectivity index (χ0n) is 8.04. The van der Waals surface area contributed by atoms with Gasteiger partial charge in [0.1, 0.15) is 5.82 Å². The Morgan fingerprint density at radius 1 is 1.46 bits per heavy atom. The molecule has 0 bridgehead atoms. The highest BCUT2D eigenvalue weighted by Crippen LogP contribution is 2.15. The maximum atomic E-state index is 5.60. The monoisotopic (exact) mass is 177 g/mol. The van der Waals surface area contributed by atoms with E-state index in [9.17, 15) is 0 Å². The van der Waals surface area contributed by atoms with Crippen molar-refractivity contribution in [2.45, 2.75) is 13.8 Å². The van der Waals surface area contributed by atoms with E-state index in [0.717, 1.165) is 16.8 Å². The maximum Gasteiger partial charge on any atom is 0.123 e. The van der Waals surface area contributed by atoms with E-state index in [2.05, 4.69) is 4.98 Å². The lowest BCUT2D eigenvalue weighted by atomic mass is 10.1. The zero-order valence-corrected chi connectivity index (χ0v) is 8.04. The number of rotatable bonds is 2. The molecule has 0 radical (unpaired) electrons. The Labute approximate surface area is 78.5 Å². The molecule has 0 unspecified atom stereocenters. The van der Waals surface area contributed by atoms with Gasteiger partial charge in [-0.15, -0.1) is 0 Å². The first-order chi connectivity index (χ1) is 6.15. The molecule has 0 fully saturated rings. The molecule has 1 aromatic heterocycles. The molecule has 0 atom stereocenters. The fraction of sp³-hybridized carbons (Fsp3) is 0.300. The van der Waals surface area contributed by atoms with Gasteiger partial charge in [0.25, 0.3) is 0 Å². The van der Waals surface area contributed by atoms with Crippen LogP contribution in [0.3, 0.4) is 0 Å². The first-order valence-electron chi connectivity index (χ1n) is 4.25. The minimum absolute atomic E-state index is 0.545. The lowest BCUT2D eigenvalue weighted by Gasteiger charge is -2.05. The minimum Gasteiger partial charge on any atom is -0.384 e. The van der Waals surface area contributed by atoms with Gasteiger partial charge < -0.3 is 11.5 Å². The Balaban J connectivity index is 3.13. The van der Waals surface area contributed by atoms with Crippen LogP contribution in [0.4, 0.5) is 5.82 Å². The van der Waals surface area contributed by atoms with Gasteiger partial charge in [0.15, 0.2) is 0 Å². The molecule has 0 amide bonds. The van der Waals surface area contributed by atoms with Gasteiger partial charge in [-0.05, 0) is 31.0 Å². The Morgan fingerprint density at radius 3 is 2.69 bits per heavy atom.